The molecule has 3 heterocycles. The van der Waals surface area contributed by atoms with Crippen LogP contribution in [0.25, 0.3) is 0 Å². The Morgan fingerprint density at radius 2 is 1.72 bits per heavy atom. The van der Waals surface area contributed by atoms with Gasteiger partial charge in [-0.15, -0.1) is 0 Å². The molecule has 0 radical (unpaired) electrons. The average molecular weight is 391 g/mol. The van der Waals surface area contributed by atoms with Crippen molar-refractivity contribution in [1.82, 2.24) is 5.32 Å². The van der Waals surface area contributed by atoms with Crippen LogP contribution in [-0.2, 0) is 19.9 Å². The first kappa shape index (κ1) is 18.0. The maximum atomic E-state index is 13.6. The van der Waals surface area contributed by atoms with Gasteiger partial charge in [-0.1, -0.05) is 35.9 Å². The van der Waals surface area contributed by atoms with E-state index in [0.29, 0.717) is 16.9 Å². The van der Waals surface area contributed by atoms with Crippen molar-refractivity contribution in [2.75, 3.05) is 10.2 Å². The van der Waals surface area contributed by atoms with Gasteiger partial charge < -0.3 is 10.4 Å². The highest BCUT2D eigenvalue weighted by atomic mass is 16.3. The van der Waals surface area contributed by atoms with Crippen molar-refractivity contribution >= 4 is 29.1 Å². The van der Waals surface area contributed by atoms with Crippen LogP contribution in [0.3, 0.4) is 0 Å². The van der Waals surface area contributed by atoms with Crippen molar-refractivity contribution < 1.29 is 19.5 Å². The summed E-state index contributed by atoms with van der Waals surface area (Å²) in [6.07, 6.45) is -0.919. The number of hydrogen-bond acceptors (Lipinski definition) is 5. The fraction of sp³-hybridized carbons (Fsp3) is 0.318. The highest BCUT2D eigenvalue weighted by Crippen LogP contribution is 2.53. The molecule has 3 amide bonds. The molecular formula is C22H21N3O4. The van der Waals surface area contributed by atoms with Crippen LogP contribution < -0.4 is 15.5 Å². The molecule has 29 heavy (non-hydrogen) atoms. The highest BCUT2D eigenvalue weighted by Gasteiger charge is 2.71. The second-order valence-electron chi connectivity index (χ2n) is 8.07. The van der Waals surface area contributed by atoms with Crippen molar-refractivity contribution in [1.29, 1.82) is 0 Å². The minimum atomic E-state index is -1.38. The zero-order valence-corrected chi connectivity index (χ0v) is 16.0. The Morgan fingerprint density at radius 3 is 2.41 bits per heavy atom. The van der Waals surface area contributed by atoms with Crippen molar-refractivity contribution in [3.05, 3.63) is 59.7 Å². The fourth-order valence-corrected chi connectivity index (χ4v) is 5.05. The number of aliphatic hydroxyl groups excluding tert-OH is 1. The average Bonchev–Trinajstić information content (AvgIpc) is 3.28. The molecule has 2 aromatic carbocycles. The number of fused-ring (bicyclic) bond motifs is 4. The number of benzene rings is 2. The third-order valence-electron chi connectivity index (χ3n) is 6.37. The van der Waals surface area contributed by atoms with Crippen LogP contribution in [0.1, 0.15) is 18.1 Å². The second kappa shape index (κ2) is 5.98. The summed E-state index contributed by atoms with van der Waals surface area (Å²) in [4.78, 5) is 41.3. The lowest BCUT2D eigenvalue weighted by molar-refractivity contribution is -0.130. The van der Waals surface area contributed by atoms with Gasteiger partial charge in [0.15, 0.2) is 0 Å². The molecule has 5 atom stereocenters. The molecular weight excluding hydrogens is 370 g/mol. The zero-order chi connectivity index (χ0) is 20.5. The number of nitrogens with one attached hydrogen (secondary N) is 2. The van der Waals surface area contributed by atoms with Crippen LogP contribution in [0, 0.1) is 18.8 Å². The van der Waals surface area contributed by atoms with E-state index in [2.05, 4.69) is 10.6 Å². The largest absolute Gasteiger partial charge is 0.392 e. The minimum absolute atomic E-state index is 0.372. The quantitative estimate of drug-likeness (QED) is 0.671. The van der Waals surface area contributed by atoms with E-state index in [1.165, 1.54) is 4.90 Å². The van der Waals surface area contributed by atoms with Gasteiger partial charge in [-0.25, -0.2) is 4.90 Å². The number of rotatable bonds is 2. The molecule has 7 nitrogen and oxygen atoms in total. The Morgan fingerprint density at radius 1 is 1.03 bits per heavy atom. The first-order valence-electron chi connectivity index (χ1n) is 9.67. The molecule has 7 heteroatoms. The predicted molar refractivity (Wildman–Crippen MR) is 106 cm³/mol. The summed E-state index contributed by atoms with van der Waals surface area (Å²) in [5.74, 6) is -2.95. The van der Waals surface area contributed by atoms with Gasteiger partial charge in [-0.2, -0.15) is 0 Å². The molecule has 3 aliphatic heterocycles. The first-order valence-corrected chi connectivity index (χ1v) is 9.67. The highest BCUT2D eigenvalue weighted by molar-refractivity contribution is 6.25. The number of carbonyl (C=O) groups is 3. The van der Waals surface area contributed by atoms with Gasteiger partial charge in [-0.3, -0.25) is 19.7 Å². The van der Waals surface area contributed by atoms with Crippen molar-refractivity contribution in [2.24, 2.45) is 11.8 Å². The molecule has 0 aromatic heterocycles. The SMILES string of the molecule is Cc1ccc(N2C(=O)[C@H]3[C@@H](C2=O)[C@@]2(N[C@H]3C(C)O)C(=O)Nc3ccccc32)cc1. The van der Waals surface area contributed by atoms with E-state index in [9.17, 15) is 19.5 Å². The van der Waals surface area contributed by atoms with Crippen LogP contribution in [-0.4, -0.2) is 35.0 Å². The number of aliphatic hydroxyl groups is 1. The smallest absolute Gasteiger partial charge is 0.250 e. The topological polar surface area (TPSA) is 98.7 Å². The molecule has 0 aliphatic carbocycles. The standard InChI is InChI=1S/C22H21N3O4/c1-11-7-9-13(10-8-11)25-19(27)16-17(20(25)28)22(24-18(16)12(2)26)14-5-3-4-6-15(14)23-21(22)29/h3-10,12,16-18,24,26H,1-2H3,(H,23,29)/t12?,16-,17-,18-,22+/m0/s1. The minimum Gasteiger partial charge on any atom is -0.392 e. The Balaban J connectivity index is 1.68. The number of para-hydroxylation sites is 1. The van der Waals surface area contributed by atoms with Gasteiger partial charge in [0.1, 0.15) is 5.54 Å². The molecule has 2 aromatic rings. The Kier molecular flexibility index (Phi) is 3.72. The lowest BCUT2D eigenvalue weighted by Gasteiger charge is -2.30. The number of aryl methyl sites for hydroxylation is 1. The third kappa shape index (κ3) is 2.22. The number of amides is 3. The molecule has 1 spiro atoms. The monoisotopic (exact) mass is 391 g/mol. The van der Waals surface area contributed by atoms with Crippen LogP contribution in [0.15, 0.2) is 48.5 Å². The van der Waals surface area contributed by atoms with E-state index in [1.807, 2.05) is 19.1 Å². The second-order valence-corrected chi connectivity index (χ2v) is 8.07. The summed E-state index contributed by atoms with van der Waals surface area (Å²) in [5, 5.41) is 16.4. The predicted octanol–water partition coefficient (Wildman–Crippen LogP) is 1.30. The summed E-state index contributed by atoms with van der Waals surface area (Å²) in [6, 6.07) is 13.6. The maximum Gasteiger partial charge on any atom is 0.250 e. The summed E-state index contributed by atoms with van der Waals surface area (Å²) >= 11 is 0. The number of imide groups is 1. The molecule has 148 valence electrons. The van der Waals surface area contributed by atoms with Gasteiger partial charge in [0.2, 0.25) is 17.7 Å². The molecule has 3 N–H and O–H groups in total. The number of hydrogen-bond donors (Lipinski definition) is 3. The zero-order valence-electron chi connectivity index (χ0n) is 16.0. The molecule has 5 rings (SSSR count). The van der Waals surface area contributed by atoms with Gasteiger partial charge in [0.05, 0.1) is 23.6 Å². The van der Waals surface area contributed by atoms with Gasteiger partial charge in [0.25, 0.3) is 0 Å². The molecule has 0 bridgehead atoms. The van der Waals surface area contributed by atoms with Crippen molar-refractivity contribution in [3.63, 3.8) is 0 Å². The van der Waals surface area contributed by atoms with Crippen molar-refractivity contribution in [3.8, 4) is 0 Å². The van der Waals surface area contributed by atoms with E-state index in [0.717, 1.165) is 5.56 Å². The van der Waals surface area contributed by atoms with Gasteiger partial charge in [0, 0.05) is 17.3 Å². The Bertz CT molecular complexity index is 1050. The molecule has 2 fully saturated rings. The maximum absolute atomic E-state index is 13.6. The van der Waals surface area contributed by atoms with E-state index >= 15 is 0 Å². The third-order valence-corrected chi connectivity index (χ3v) is 6.37. The van der Waals surface area contributed by atoms with Gasteiger partial charge >= 0.3 is 0 Å². The van der Waals surface area contributed by atoms with E-state index in [-0.39, 0.29) is 5.91 Å². The molecule has 1 unspecified atom stereocenters. The summed E-state index contributed by atoms with van der Waals surface area (Å²) in [5.41, 5.74) is 1.36. The lowest BCUT2D eigenvalue weighted by atomic mass is 9.76. The molecule has 0 saturated carbocycles. The van der Waals surface area contributed by atoms with Gasteiger partial charge in [-0.05, 0) is 32.0 Å². The van der Waals surface area contributed by atoms with E-state index in [4.69, 9.17) is 0 Å². The number of nitrogens with zero attached hydrogens (tertiary/aromatic N) is 1. The Hall–Kier alpha value is -3.03. The first-order chi connectivity index (χ1) is 13.9. The Labute approximate surface area is 167 Å². The number of carbonyl (C=O) groups excluding carboxylic acids is 3. The lowest BCUT2D eigenvalue weighted by Crippen LogP contribution is -2.54. The normalized spacial score (nSPS) is 31.2. The van der Waals surface area contributed by atoms with E-state index < -0.39 is 41.3 Å². The molecule has 3 aliphatic rings. The van der Waals surface area contributed by atoms with Crippen LogP contribution in [0.2, 0.25) is 0 Å². The van der Waals surface area contributed by atoms with Crippen LogP contribution in [0.4, 0.5) is 11.4 Å². The summed E-state index contributed by atoms with van der Waals surface area (Å²) in [6.45, 7) is 3.49. The van der Waals surface area contributed by atoms with Crippen LogP contribution in [0.5, 0.6) is 0 Å². The number of anilines is 2. The summed E-state index contributed by atoms with van der Waals surface area (Å²) in [7, 11) is 0. The fourth-order valence-electron chi connectivity index (χ4n) is 5.05. The summed E-state index contributed by atoms with van der Waals surface area (Å²) < 4.78 is 0. The van der Waals surface area contributed by atoms with E-state index in [1.54, 1.807) is 43.3 Å². The molecule has 2 saturated heterocycles. The van der Waals surface area contributed by atoms with Crippen molar-refractivity contribution in [2.45, 2.75) is 31.5 Å². The van der Waals surface area contributed by atoms with Crippen LogP contribution >= 0.6 is 0 Å².